The summed E-state index contributed by atoms with van der Waals surface area (Å²) in [5.74, 6) is -1.36. The van der Waals surface area contributed by atoms with Gasteiger partial charge in [0.05, 0.1) is 11.3 Å². The highest BCUT2D eigenvalue weighted by Gasteiger charge is 2.79. The maximum atomic E-state index is 12.0. The monoisotopic (exact) mass is 355 g/mol. The first kappa shape index (κ1) is 15.1. The highest BCUT2D eigenvalue weighted by Crippen LogP contribution is 2.73. The molecule has 0 aromatic heterocycles. The second-order valence-corrected chi connectivity index (χ2v) is 8.72. The Morgan fingerprint density at radius 3 is 2.92 bits per heavy atom. The normalized spacial score (nSPS) is 46.8. The Morgan fingerprint density at radius 1 is 1.35 bits per heavy atom. The molecule has 1 saturated heterocycles. The number of carboxylic acids is 1. The van der Waals surface area contributed by atoms with Crippen LogP contribution in [0.15, 0.2) is 24.3 Å². The van der Waals surface area contributed by atoms with Gasteiger partial charge in [0.2, 0.25) is 0 Å². The van der Waals surface area contributed by atoms with Crippen LogP contribution in [0, 0.1) is 11.3 Å². The van der Waals surface area contributed by atoms with E-state index in [-0.39, 0.29) is 11.8 Å². The molecule has 6 aliphatic rings. The molecular weight excluding hydrogens is 334 g/mol. The number of likely N-dealkylation sites (tertiary alicyclic amines) is 1. The maximum Gasteiger partial charge on any atom is 0.309 e. The van der Waals surface area contributed by atoms with Crippen molar-refractivity contribution < 1.29 is 24.9 Å². The quantitative estimate of drug-likeness (QED) is 0.652. The number of aliphatic carboxylic acids is 1. The third kappa shape index (κ3) is 1.25. The molecule has 2 aliphatic heterocycles. The average Bonchev–Trinajstić information content (AvgIpc) is 2.98. The summed E-state index contributed by atoms with van der Waals surface area (Å²) in [6.07, 6.45) is 5.07. The zero-order valence-electron chi connectivity index (χ0n) is 14.5. The van der Waals surface area contributed by atoms with Crippen molar-refractivity contribution >= 4 is 5.97 Å². The number of benzene rings is 1. The molecule has 0 radical (unpaired) electrons. The zero-order valence-corrected chi connectivity index (χ0v) is 14.5. The standard InChI is InChI=1S/C20H21NO5/c1-21-7-6-19-14-10-2-3-12(22)15(14)26-17(19)20(25)5-4-18(19,13(21)8-10)9-11(20)16(23)24/h2-5,11,13,17,22,25H,6-9H2,1H3,(H,23,24)/t11-,13-,17+,18-,19+,20-/m1/s1. The average molecular weight is 355 g/mol. The maximum absolute atomic E-state index is 12.0. The Hall–Kier alpha value is -2.05. The van der Waals surface area contributed by atoms with E-state index in [9.17, 15) is 20.1 Å². The fourth-order valence-electron chi connectivity index (χ4n) is 7.04. The summed E-state index contributed by atoms with van der Waals surface area (Å²) >= 11 is 0. The van der Waals surface area contributed by atoms with Gasteiger partial charge in [-0.25, -0.2) is 0 Å². The number of likely N-dealkylation sites (N-methyl/N-ethyl adjacent to an activating group) is 1. The van der Waals surface area contributed by atoms with Crippen LogP contribution >= 0.6 is 0 Å². The third-order valence-corrected chi connectivity index (χ3v) is 8.05. The number of nitrogens with zero attached hydrogens (tertiary/aromatic N) is 1. The number of piperidine rings is 1. The van der Waals surface area contributed by atoms with Crippen LogP contribution in [-0.2, 0) is 16.6 Å². The van der Waals surface area contributed by atoms with Gasteiger partial charge in [-0.3, -0.25) is 4.79 Å². The van der Waals surface area contributed by atoms with Crippen molar-refractivity contribution in [2.24, 2.45) is 11.3 Å². The van der Waals surface area contributed by atoms with Gasteiger partial charge in [0.15, 0.2) is 11.5 Å². The van der Waals surface area contributed by atoms with Crippen LogP contribution in [0.2, 0.25) is 0 Å². The number of carboxylic acid groups (broad SMARTS) is 1. The molecule has 1 aromatic carbocycles. The van der Waals surface area contributed by atoms with Crippen LogP contribution in [0.4, 0.5) is 0 Å². The first-order valence-corrected chi connectivity index (χ1v) is 9.23. The van der Waals surface area contributed by atoms with Gasteiger partial charge >= 0.3 is 5.97 Å². The van der Waals surface area contributed by atoms with Gasteiger partial charge in [-0.15, -0.1) is 0 Å². The number of hydrogen-bond acceptors (Lipinski definition) is 5. The Bertz CT molecular complexity index is 912. The summed E-state index contributed by atoms with van der Waals surface area (Å²) < 4.78 is 6.22. The second kappa shape index (κ2) is 4.10. The number of aliphatic hydroxyl groups is 1. The molecule has 1 aromatic rings. The van der Waals surface area contributed by atoms with E-state index in [2.05, 4.69) is 18.0 Å². The van der Waals surface area contributed by atoms with Crippen LogP contribution in [0.25, 0.3) is 0 Å². The van der Waals surface area contributed by atoms with Gasteiger partial charge < -0.3 is 25.0 Å². The fourth-order valence-corrected chi connectivity index (χ4v) is 7.04. The van der Waals surface area contributed by atoms with Crippen molar-refractivity contribution in [1.82, 2.24) is 4.90 Å². The van der Waals surface area contributed by atoms with Gasteiger partial charge in [-0.05, 0) is 44.5 Å². The molecular formula is C20H21NO5. The van der Waals surface area contributed by atoms with Gasteiger partial charge in [-0.2, -0.15) is 0 Å². The number of hydrogen-bond donors (Lipinski definition) is 3. The number of carbonyl (C=O) groups is 1. The van der Waals surface area contributed by atoms with Crippen LogP contribution in [0.1, 0.15) is 24.0 Å². The smallest absolute Gasteiger partial charge is 0.309 e. The molecule has 4 aliphatic carbocycles. The first-order valence-electron chi connectivity index (χ1n) is 9.23. The largest absolute Gasteiger partial charge is 0.504 e. The molecule has 2 heterocycles. The lowest BCUT2D eigenvalue weighted by atomic mass is 9.37. The predicted molar refractivity (Wildman–Crippen MR) is 91.2 cm³/mol. The van der Waals surface area contributed by atoms with Crippen molar-refractivity contribution in [3.63, 3.8) is 0 Å². The molecule has 4 bridgehead atoms. The van der Waals surface area contributed by atoms with E-state index < -0.39 is 34.4 Å². The van der Waals surface area contributed by atoms with E-state index in [0.29, 0.717) is 12.2 Å². The summed E-state index contributed by atoms with van der Waals surface area (Å²) in [6, 6.07) is 3.78. The predicted octanol–water partition coefficient (Wildman–Crippen LogP) is 1.04. The number of ether oxygens (including phenoxy) is 1. The highest BCUT2D eigenvalue weighted by molar-refractivity contribution is 5.76. The van der Waals surface area contributed by atoms with Crippen molar-refractivity contribution in [2.75, 3.05) is 13.6 Å². The second-order valence-electron chi connectivity index (χ2n) is 8.72. The molecule has 6 heteroatoms. The fraction of sp³-hybridized carbons (Fsp3) is 0.550. The number of phenols is 1. The lowest BCUT2D eigenvalue weighted by Gasteiger charge is -2.69. The van der Waals surface area contributed by atoms with E-state index in [1.807, 2.05) is 6.07 Å². The van der Waals surface area contributed by atoms with E-state index in [0.717, 1.165) is 30.5 Å². The van der Waals surface area contributed by atoms with Crippen LogP contribution in [0.3, 0.4) is 0 Å². The van der Waals surface area contributed by atoms with Gasteiger partial charge in [0.25, 0.3) is 0 Å². The van der Waals surface area contributed by atoms with Gasteiger partial charge in [0.1, 0.15) is 11.7 Å². The number of phenolic OH excluding ortho intramolecular Hbond substituents is 1. The molecule has 26 heavy (non-hydrogen) atoms. The molecule has 2 fully saturated rings. The topological polar surface area (TPSA) is 90.2 Å². The van der Waals surface area contributed by atoms with Crippen molar-refractivity contribution in [3.8, 4) is 11.5 Å². The summed E-state index contributed by atoms with van der Waals surface area (Å²) in [5, 5.41) is 31.8. The molecule has 6 nitrogen and oxygen atoms in total. The van der Waals surface area contributed by atoms with E-state index in [4.69, 9.17) is 4.74 Å². The highest BCUT2D eigenvalue weighted by atomic mass is 16.5. The van der Waals surface area contributed by atoms with Crippen LogP contribution in [-0.4, -0.2) is 57.5 Å². The summed E-state index contributed by atoms with van der Waals surface area (Å²) in [6.45, 7) is 0.864. The van der Waals surface area contributed by atoms with Crippen molar-refractivity contribution in [1.29, 1.82) is 0 Å². The first-order chi connectivity index (χ1) is 12.3. The summed E-state index contributed by atoms with van der Waals surface area (Å²) in [7, 11) is 2.10. The number of fused-ring (bicyclic) bond motifs is 1. The number of rotatable bonds is 1. The Morgan fingerprint density at radius 2 is 2.15 bits per heavy atom. The van der Waals surface area contributed by atoms with Crippen LogP contribution < -0.4 is 4.74 Å². The Kier molecular flexibility index (Phi) is 2.37. The number of aromatic hydroxyl groups is 1. The summed E-state index contributed by atoms with van der Waals surface area (Å²) in [4.78, 5) is 14.4. The van der Waals surface area contributed by atoms with E-state index in [1.54, 1.807) is 12.1 Å². The van der Waals surface area contributed by atoms with Gasteiger partial charge in [0, 0.05) is 17.0 Å². The SMILES string of the molecule is CN1CC[C@]23c4c5ccc(O)c4O[C@@H]2[C@@]2(O)C=C[C@@]3(C[C@@H]2C(=O)O)[C@H]1C5. The lowest BCUT2D eigenvalue weighted by molar-refractivity contribution is -0.211. The Balaban J connectivity index is 1.73. The molecule has 1 saturated carbocycles. The minimum Gasteiger partial charge on any atom is -0.504 e. The molecule has 7 rings (SSSR count). The molecule has 2 spiro atoms. The minimum absolute atomic E-state index is 0.0786. The summed E-state index contributed by atoms with van der Waals surface area (Å²) in [5.41, 5.74) is -0.267. The van der Waals surface area contributed by atoms with E-state index >= 15 is 0 Å². The van der Waals surface area contributed by atoms with Gasteiger partial charge in [-0.1, -0.05) is 18.2 Å². The molecule has 136 valence electrons. The van der Waals surface area contributed by atoms with E-state index in [1.165, 1.54) is 0 Å². The third-order valence-electron chi connectivity index (χ3n) is 8.05. The van der Waals surface area contributed by atoms with Crippen molar-refractivity contribution in [2.45, 2.75) is 42.4 Å². The van der Waals surface area contributed by atoms with Crippen LogP contribution in [0.5, 0.6) is 11.5 Å². The Labute approximate surface area is 150 Å². The van der Waals surface area contributed by atoms with Crippen molar-refractivity contribution in [3.05, 3.63) is 35.4 Å². The zero-order chi connectivity index (χ0) is 18.1. The molecule has 0 unspecified atom stereocenters. The minimum atomic E-state index is -1.56. The molecule has 3 N–H and O–H groups in total. The molecule has 6 atom stereocenters. The lowest BCUT2D eigenvalue weighted by Crippen LogP contribution is -2.79. The molecule has 0 amide bonds.